The summed E-state index contributed by atoms with van der Waals surface area (Å²) in [6, 6.07) is 11.1. The third-order valence-corrected chi connectivity index (χ3v) is 3.50. The molecule has 0 atom stereocenters. The Balaban J connectivity index is 1.86. The number of pyridine rings is 1. The van der Waals surface area contributed by atoms with Crippen LogP contribution in [0.3, 0.4) is 0 Å². The zero-order valence-corrected chi connectivity index (χ0v) is 13.7. The maximum atomic E-state index is 5.02. The van der Waals surface area contributed by atoms with E-state index in [-0.39, 0.29) is 0 Å². The van der Waals surface area contributed by atoms with E-state index in [0.29, 0.717) is 17.5 Å². The van der Waals surface area contributed by atoms with Gasteiger partial charge in [0, 0.05) is 32.4 Å². The minimum absolute atomic E-state index is 0.463. The SMILES string of the molecule is COc1ccc(N(C)c2cc(N(C)c3ccccn3)ncn2)nn1. The van der Waals surface area contributed by atoms with Gasteiger partial charge in [0.15, 0.2) is 5.82 Å². The van der Waals surface area contributed by atoms with Crippen LogP contribution in [0, 0.1) is 0 Å². The molecule has 0 saturated heterocycles. The molecule has 0 spiro atoms. The van der Waals surface area contributed by atoms with Crippen molar-refractivity contribution in [3.63, 3.8) is 0 Å². The van der Waals surface area contributed by atoms with Gasteiger partial charge in [0.05, 0.1) is 7.11 Å². The molecule has 0 fully saturated rings. The number of methoxy groups -OCH3 is 1. The van der Waals surface area contributed by atoms with E-state index in [4.69, 9.17) is 4.74 Å². The Morgan fingerprint density at radius 1 is 0.792 bits per heavy atom. The average molecular weight is 323 g/mol. The zero-order chi connectivity index (χ0) is 16.9. The first-order valence-corrected chi connectivity index (χ1v) is 7.27. The minimum Gasteiger partial charge on any atom is -0.480 e. The molecule has 0 aliphatic carbocycles. The first-order chi connectivity index (χ1) is 11.7. The van der Waals surface area contributed by atoms with Gasteiger partial charge in [-0.15, -0.1) is 10.2 Å². The molecule has 3 aromatic heterocycles. The molecule has 0 saturated carbocycles. The van der Waals surface area contributed by atoms with Gasteiger partial charge in [-0.25, -0.2) is 15.0 Å². The maximum absolute atomic E-state index is 5.02. The molecule has 0 bridgehead atoms. The molecule has 122 valence electrons. The second-order valence-electron chi connectivity index (χ2n) is 4.97. The summed E-state index contributed by atoms with van der Waals surface area (Å²) < 4.78 is 5.02. The van der Waals surface area contributed by atoms with E-state index in [0.717, 1.165) is 11.6 Å². The van der Waals surface area contributed by atoms with Crippen LogP contribution in [0.1, 0.15) is 0 Å². The van der Waals surface area contributed by atoms with E-state index in [1.165, 1.54) is 6.33 Å². The van der Waals surface area contributed by atoms with Crippen molar-refractivity contribution in [1.29, 1.82) is 0 Å². The Morgan fingerprint density at radius 2 is 1.54 bits per heavy atom. The van der Waals surface area contributed by atoms with E-state index < -0.39 is 0 Å². The highest BCUT2D eigenvalue weighted by Gasteiger charge is 2.12. The van der Waals surface area contributed by atoms with Gasteiger partial charge in [-0.1, -0.05) is 6.07 Å². The van der Waals surface area contributed by atoms with Crippen LogP contribution in [-0.4, -0.2) is 46.4 Å². The molecule has 0 N–H and O–H groups in total. The summed E-state index contributed by atoms with van der Waals surface area (Å²) in [6.45, 7) is 0. The van der Waals surface area contributed by atoms with Crippen molar-refractivity contribution in [2.75, 3.05) is 31.0 Å². The fourth-order valence-corrected chi connectivity index (χ4v) is 2.09. The summed E-state index contributed by atoms with van der Waals surface area (Å²) in [6.07, 6.45) is 3.25. The minimum atomic E-state index is 0.463. The Bertz CT molecular complexity index is 795. The van der Waals surface area contributed by atoms with Crippen LogP contribution >= 0.6 is 0 Å². The summed E-state index contributed by atoms with van der Waals surface area (Å²) in [4.78, 5) is 16.6. The van der Waals surface area contributed by atoms with E-state index in [1.54, 1.807) is 19.4 Å². The smallest absolute Gasteiger partial charge is 0.233 e. The molecule has 0 aromatic carbocycles. The van der Waals surface area contributed by atoms with Crippen LogP contribution in [0.15, 0.2) is 48.9 Å². The lowest BCUT2D eigenvalue weighted by molar-refractivity contribution is 0.392. The Hall–Kier alpha value is -3.29. The highest BCUT2D eigenvalue weighted by Crippen LogP contribution is 2.25. The van der Waals surface area contributed by atoms with Crippen LogP contribution in [0.5, 0.6) is 5.88 Å². The summed E-state index contributed by atoms with van der Waals surface area (Å²) in [5.41, 5.74) is 0. The van der Waals surface area contributed by atoms with Crippen molar-refractivity contribution in [1.82, 2.24) is 25.1 Å². The lowest BCUT2D eigenvalue weighted by Gasteiger charge is -2.20. The largest absolute Gasteiger partial charge is 0.480 e. The van der Waals surface area contributed by atoms with Crippen LogP contribution in [0.2, 0.25) is 0 Å². The lowest BCUT2D eigenvalue weighted by Crippen LogP contribution is -2.17. The van der Waals surface area contributed by atoms with Gasteiger partial charge in [0.2, 0.25) is 5.88 Å². The monoisotopic (exact) mass is 323 g/mol. The Morgan fingerprint density at radius 3 is 2.12 bits per heavy atom. The summed E-state index contributed by atoms with van der Waals surface area (Å²) >= 11 is 0. The Labute approximate surface area is 139 Å². The molecular weight excluding hydrogens is 306 g/mol. The quantitative estimate of drug-likeness (QED) is 0.707. The third kappa shape index (κ3) is 3.22. The standard InChI is InChI=1S/C16H17N7O/c1-22(12-6-4-5-9-17-12)14-10-15(19-11-18-14)23(2)13-7-8-16(24-3)21-20-13/h4-11H,1-3H3. The van der Waals surface area contributed by atoms with Gasteiger partial charge in [-0.3, -0.25) is 0 Å². The first-order valence-electron chi connectivity index (χ1n) is 7.27. The van der Waals surface area contributed by atoms with Gasteiger partial charge in [-0.2, -0.15) is 0 Å². The normalized spacial score (nSPS) is 10.3. The molecule has 3 rings (SSSR count). The van der Waals surface area contributed by atoms with Crippen molar-refractivity contribution in [3.05, 3.63) is 48.9 Å². The van der Waals surface area contributed by atoms with E-state index >= 15 is 0 Å². The molecule has 0 amide bonds. The van der Waals surface area contributed by atoms with Crippen molar-refractivity contribution >= 4 is 23.3 Å². The molecule has 0 unspecified atom stereocenters. The molecule has 24 heavy (non-hydrogen) atoms. The van der Waals surface area contributed by atoms with Crippen LogP contribution < -0.4 is 14.5 Å². The predicted molar refractivity (Wildman–Crippen MR) is 91.0 cm³/mol. The van der Waals surface area contributed by atoms with E-state index in [2.05, 4.69) is 25.1 Å². The lowest BCUT2D eigenvalue weighted by atomic mass is 10.4. The van der Waals surface area contributed by atoms with Gasteiger partial charge in [-0.05, 0) is 18.2 Å². The number of hydrogen-bond acceptors (Lipinski definition) is 8. The third-order valence-electron chi connectivity index (χ3n) is 3.50. The average Bonchev–Trinajstić information content (AvgIpc) is 2.67. The number of hydrogen-bond donors (Lipinski definition) is 0. The van der Waals surface area contributed by atoms with Gasteiger partial charge in [0.1, 0.15) is 23.8 Å². The van der Waals surface area contributed by atoms with Crippen molar-refractivity contribution in [2.24, 2.45) is 0 Å². The molecular formula is C16H17N7O. The molecule has 3 heterocycles. The van der Waals surface area contributed by atoms with Crippen LogP contribution in [0.25, 0.3) is 0 Å². The second-order valence-corrected chi connectivity index (χ2v) is 4.97. The number of nitrogens with zero attached hydrogens (tertiary/aromatic N) is 7. The first kappa shape index (κ1) is 15.6. The number of aromatic nitrogens is 5. The topological polar surface area (TPSA) is 80.2 Å². The van der Waals surface area contributed by atoms with Crippen LogP contribution in [-0.2, 0) is 0 Å². The predicted octanol–water partition coefficient (Wildman–Crippen LogP) is 2.21. The zero-order valence-electron chi connectivity index (χ0n) is 13.7. The second kappa shape index (κ2) is 6.86. The van der Waals surface area contributed by atoms with Gasteiger partial charge in [0.25, 0.3) is 0 Å². The maximum Gasteiger partial charge on any atom is 0.233 e. The highest BCUT2D eigenvalue weighted by molar-refractivity contribution is 5.62. The summed E-state index contributed by atoms with van der Waals surface area (Å²) in [5.74, 6) is 3.34. The number of anilines is 4. The molecule has 3 aromatic rings. The van der Waals surface area contributed by atoms with E-state index in [1.807, 2.05) is 54.2 Å². The summed E-state index contributed by atoms with van der Waals surface area (Å²) in [7, 11) is 5.32. The Kier molecular flexibility index (Phi) is 4.46. The van der Waals surface area contributed by atoms with Crippen molar-refractivity contribution < 1.29 is 4.74 Å². The fourth-order valence-electron chi connectivity index (χ4n) is 2.09. The fraction of sp³-hybridized carbons (Fsp3) is 0.188. The molecule has 8 nitrogen and oxygen atoms in total. The van der Waals surface area contributed by atoms with E-state index in [9.17, 15) is 0 Å². The van der Waals surface area contributed by atoms with Crippen LogP contribution in [0.4, 0.5) is 23.3 Å². The molecule has 0 aliphatic heterocycles. The number of rotatable bonds is 5. The van der Waals surface area contributed by atoms with Crippen molar-refractivity contribution in [3.8, 4) is 5.88 Å². The molecule has 0 radical (unpaired) electrons. The number of ether oxygens (including phenoxy) is 1. The van der Waals surface area contributed by atoms with Crippen molar-refractivity contribution in [2.45, 2.75) is 0 Å². The van der Waals surface area contributed by atoms with Gasteiger partial charge < -0.3 is 14.5 Å². The van der Waals surface area contributed by atoms with Gasteiger partial charge >= 0.3 is 0 Å². The molecule has 0 aliphatic rings. The summed E-state index contributed by atoms with van der Waals surface area (Å²) in [5, 5.41) is 8.09. The molecule has 8 heteroatoms. The highest BCUT2D eigenvalue weighted by atomic mass is 16.5.